The second-order valence-corrected chi connectivity index (χ2v) is 5.85. The van der Waals surface area contributed by atoms with E-state index < -0.39 is 0 Å². The van der Waals surface area contributed by atoms with E-state index in [2.05, 4.69) is 33.3 Å². The highest BCUT2D eigenvalue weighted by molar-refractivity contribution is 5.81. The average Bonchev–Trinajstić information content (AvgIpc) is 2.72. The van der Waals surface area contributed by atoms with Crippen molar-refractivity contribution < 1.29 is 4.74 Å². The quantitative estimate of drug-likeness (QED) is 0.692. The lowest BCUT2D eigenvalue weighted by atomic mass is 10.00. The Labute approximate surface area is 157 Å². The third-order valence-electron chi connectivity index (χ3n) is 4.04. The van der Waals surface area contributed by atoms with E-state index in [9.17, 15) is 5.26 Å². The third kappa shape index (κ3) is 3.80. The van der Waals surface area contributed by atoms with Crippen LogP contribution in [0, 0.1) is 11.3 Å². The smallest absolute Gasteiger partial charge is 0.222 e. The number of nitrogen functional groups attached to an aromatic ring is 1. The maximum atomic E-state index is 9.55. The standard InChI is InChI=1S/C20H20N6O/c1-3-8-23-20-24-11-13(12-25-20)15-9-17(26-19(22)16(15)10-21)14-6-4-5-7-18(14)27-2/h4-7,9,11-12H,3,8H2,1-2H3,(H2,22,26)(H,23,24,25). The maximum Gasteiger partial charge on any atom is 0.222 e. The number of hydrogen-bond donors (Lipinski definition) is 2. The molecule has 3 aromatic rings. The number of rotatable bonds is 6. The molecule has 0 aliphatic carbocycles. The van der Waals surface area contributed by atoms with Gasteiger partial charge in [0.2, 0.25) is 5.95 Å². The first-order valence-corrected chi connectivity index (χ1v) is 8.58. The van der Waals surface area contributed by atoms with Crippen LogP contribution in [0.5, 0.6) is 5.75 Å². The minimum absolute atomic E-state index is 0.157. The van der Waals surface area contributed by atoms with Crippen molar-refractivity contribution in [3.63, 3.8) is 0 Å². The van der Waals surface area contributed by atoms with Crippen molar-refractivity contribution in [2.75, 3.05) is 24.7 Å². The number of pyridine rings is 1. The fourth-order valence-electron chi connectivity index (χ4n) is 2.70. The number of benzene rings is 1. The van der Waals surface area contributed by atoms with Gasteiger partial charge >= 0.3 is 0 Å². The van der Waals surface area contributed by atoms with Crippen LogP contribution in [-0.2, 0) is 0 Å². The van der Waals surface area contributed by atoms with Crippen molar-refractivity contribution in [1.29, 1.82) is 5.26 Å². The molecule has 0 unspecified atom stereocenters. The van der Waals surface area contributed by atoms with Gasteiger partial charge in [0, 0.05) is 35.6 Å². The molecule has 0 saturated heterocycles. The Morgan fingerprint density at radius 2 is 1.93 bits per heavy atom. The summed E-state index contributed by atoms with van der Waals surface area (Å²) < 4.78 is 5.42. The molecule has 0 bridgehead atoms. The molecule has 136 valence electrons. The summed E-state index contributed by atoms with van der Waals surface area (Å²) in [6, 6.07) is 11.5. The molecule has 7 nitrogen and oxygen atoms in total. The average molecular weight is 360 g/mol. The molecule has 0 aliphatic rings. The van der Waals surface area contributed by atoms with E-state index in [4.69, 9.17) is 10.5 Å². The van der Waals surface area contributed by atoms with Gasteiger partial charge in [-0.2, -0.15) is 5.26 Å². The Kier molecular flexibility index (Phi) is 5.47. The highest BCUT2D eigenvalue weighted by Gasteiger charge is 2.16. The van der Waals surface area contributed by atoms with E-state index in [1.807, 2.05) is 30.3 Å². The highest BCUT2D eigenvalue weighted by atomic mass is 16.5. The van der Waals surface area contributed by atoms with E-state index in [0.717, 1.165) is 18.5 Å². The molecule has 27 heavy (non-hydrogen) atoms. The number of hydrogen-bond acceptors (Lipinski definition) is 7. The van der Waals surface area contributed by atoms with Gasteiger partial charge in [-0.25, -0.2) is 15.0 Å². The Hall–Kier alpha value is -3.66. The molecule has 2 heterocycles. The first-order chi connectivity index (χ1) is 13.2. The van der Waals surface area contributed by atoms with Crippen molar-refractivity contribution in [2.45, 2.75) is 13.3 Å². The van der Waals surface area contributed by atoms with Gasteiger partial charge in [-0.05, 0) is 24.6 Å². The van der Waals surface area contributed by atoms with Crippen LogP contribution >= 0.6 is 0 Å². The SMILES string of the molecule is CCCNc1ncc(-c2cc(-c3ccccc3OC)nc(N)c2C#N)cn1. The minimum atomic E-state index is 0.157. The zero-order valence-electron chi connectivity index (χ0n) is 15.2. The maximum absolute atomic E-state index is 9.55. The summed E-state index contributed by atoms with van der Waals surface area (Å²) in [6.45, 7) is 2.86. The molecule has 0 atom stereocenters. The second-order valence-electron chi connectivity index (χ2n) is 5.85. The van der Waals surface area contributed by atoms with Crippen LogP contribution in [-0.4, -0.2) is 28.6 Å². The summed E-state index contributed by atoms with van der Waals surface area (Å²) >= 11 is 0. The number of ether oxygens (including phenoxy) is 1. The molecule has 7 heteroatoms. The van der Waals surface area contributed by atoms with E-state index in [-0.39, 0.29) is 5.82 Å². The van der Waals surface area contributed by atoms with Crippen LogP contribution in [0.4, 0.5) is 11.8 Å². The monoisotopic (exact) mass is 360 g/mol. The molecule has 0 spiro atoms. The third-order valence-corrected chi connectivity index (χ3v) is 4.04. The van der Waals surface area contributed by atoms with Gasteiger partial charge in [0.25, 0.3) is 0 Å². The predicted molar refractivity (Wildman–Crippen MR) is 105 cm³/mol. The fraction of sp³-hybridized carbons (Fsp3) is 0.200. The first kappa shape index (κ1) is 18.1. The molecule has 3 rings (SSSR count). The van der Waals surface area contributed by atoms with E-state index in [1.54, 1.807) is 19.5 Å². The molecular formula is C20H20N6O. The zero-order valence-corrected chi connectivity index (χ0v) is 15.2. The number of nitrogens with two attached hydrogens (primary N) is 1. The lowest BCUT2D eigenvalue weighted by Crippen LogP contribution is -2.04. The molecule has 1 aromatic carbocycles. The van der Waals surface area contributed by atoms with Crippen molar-refractivity contribution >= 4 is 11.8 Å². The van der Waals surface area contributed by atoms with Crippen LogP contribution in [0.2, 0.25) is 0 Å². The normalized spacial score (nSPS) is 10.3. The van der Waals surface area contributed by atoms with Crippen molar-refractivity contribution in [2.24, 2.45) is 0 Å². The van der Waals surface area contributed by atoms with Gasteiger partial charge in [-0.1, -0.05) is 19.1 Å². The van der Waals surface area contributed by atoms with Crippen LogP contribution < -0.4 is 15.8 Å². The summed E-state index contributed by atoms with van der Waals surface area (Å²) in [5.41, 5.74) is 9.10. The number of aromatic nitrogens is 3. The molecule has 3 N–H and O–H groups in total. The fourth-order valence-corrected chi connectivity index (χ4v) is 2.70. The Morgan fingerprint density at radius 1 is 1.19 bits per heavy atom. The molecule has 0 amide bonds. The second kappa shape index (κ2) is 8.15. The van der Waals surface area contributed by atoms with Crippen LogP contribution in [0.15, 0.2) is 42.7 Å². The number of nitrogens with one attached hydrogen (secondary N) is 1. The van der Waals surface area contributed by atoms with Crippen molar-refractivity contribution in [3.8, 4) is 34.2 Å². The molecule has 0 fully saturated rings. The molecular weight excluding hydrogens is 340 g/mol. The predicted octanol–water partition coefficient (Wildman–Crippen LogP) is 3.49. The number of para-hydroxylation sites is 1. The van der Waals surface area contributed by atoms with Gasteiger partial charge < -0.3 is 15.8 Å². The molecule has 0 saturated carbocycles. The molecule has 0 aliphatic heterocycles. The summed E-state index contributed by atoms with van der Waals surface area (Å²) in [4.78, 5) is 13.0. The van der Waals surface area contributed by atoms with Crippen molar-refractivity contribution in [1.82, 2.24) is 15.0 Å². The summed E-state index contributed by atoms with van der Waals surface area (Å²) in [7, 11) is 1.60. The van der Waals surface area contributed by atoms with Gasteiger partial charge in [-0.15, -0.1) is 0 Å². The Morgan fingerprint density at radius 3 is 2.59 bits per heavy atom. The summed E-state index contributed by atoms with van der Waals surface area (Å²) in [5.74, 6) is 1.38. The van der Waals surface area contributed by atoms with Gasteiger partial charge in [0.05, 0.1) is 12.8 Å². The lowest BCUT2D eigenvalue weighted by Gasteiger charge is -2.12. The van der Waals surface area contributed by atoms with E-state index in [1.165, 1.54) is 0 Å². The number of methoxy groups -OCH3 is 1. The molecule has 2 aromatic heterocycles. The summed E-state index contributed by atoms with van der Waals surface area (Å²) in [6.07, 6.45) is 4.33. The minimum Gasteiger partial charge on any atom is -0.496 e. The Balaban J connectivity index is 2.09. The van der Waals surface area contributed by atoms with Crippen LogP contribution in [0.25, 0.3) is 22.4 Å². The highest BCUT2D eigenvalue weighted by Crippen LogP contribution is 2.34. The summed E-state index contributed by atoms with van der Waals surface area (Å²) in [5, 5.41) is 12.7. The number of anilines is 2. The topological polar surface area (TPSA) is 110 Å². The van der Waals surface area contributed by atoms with E-state index >= 15 is 0 Å². The van der Waals surface area contributed by atoms with Crippen LogP contribution in [0.3, 0.4) is 0 Å². The zero-order chi connectivity index (χ0) is 19.2. The van der Waals surface area contributed by atoms with Crippen LogP contribution in [0.1, 0.15) is 18.9 Å². The Bertz CT molecular complexity index is 979. The van der Waals surface area contributed by atoms with Gasteiger partial charge in [0.1, 0.15) is 23.2 Å². The van der Waals surface area contributed by atoms with Gasteiger partial charge in [-0.3, -0.25) is 0 Å². The largest absolute Gasteiger partial charge is 0.496 e. The van der Waals surface area contributed by atoms with Gasteiger partial charge in [0.15, 0.2) is 0 Å². The molecule has 0 radical (unpaired) electrons. The first-order valence-electron chi connectivity index (χ1n) is 8.58. The number of nitrogens with zero attached hydrogens (tertiary/aromatic N) is 4. The lowest BCUT2D eigenvalue weighted by molar-refractivity contribution is 0.416. The van der Waals surface area contributed by atoms with E-state index in [0.29, 0.717) is 34.1 Å². The number of nitriles is 1. The van der Waals surface area contributed by atoms with Crippen molar-refractivity contribution in [3.05, 3.63) is 48.3 Å².